The van der Waals surface area contributed by atoms with Crippen LogP contribution in [-0.2, 0) is 0 Å². The van der Waals surface area contributed by atoms with Gasteiger partial charge in [0.05, 0.1) is 6.04 Å². The minimum atomic E-state index is -4.37. The van der Waals surface area contributed by atoms with E-state index in [1.165, 1.54) is 17.7 Å². The summed E-state index contributed by atoms with van der Waals surface area (Å²) in [5.74, 6) is 0.620. The fourth-order valence-corrected chi connectivity index (χ4v) is 3.52. The maximum atomic E-state index is 12.6. The first-order valence-corrected chi connectivity index (χ1v) is 9.72. The zero-order valence-electron chi connectivity index (χ0n) is 16.3. The average Bonchev–Trinajstić information content (AvgIpc) is 2.73. The van der Waals surface area contributed by atoms with Crippen LogP contribution in [-0.4, -0.2) is 36.8 Å². The van der Waals surface area contributed by atoms with Gasteiger partial charge in [0.15, 0.2) is 6.61 Å². The van der Waals surface area contributed by atoms with Gasteiger partial charge in [-0.2, -0.15) is 13.2 Å². The Morgan fingerprint density at radius 3 is 2.31 bits per heavy atom. The van der Waals surface area contributed by atoms with Gasteiger partial charge in [-0.1, -0.05) is 42.5 Å². The van der Waals surface area contributed by atoms with Crippen LogP contribution in [0.2, 0.25) is 0 Å². The molecule has 2 amide bonds. The number of ether oxygens (including phenoxy) is 1. The fraction of sp³-hybridized carbons (Fsp3) is 0.409. The van der Waals surface area contributed by atoms with Crippen LogP contribution in [0, 0.1) is 0 Å². The summed E-state index contributed by atoms with van der Waals surface area (Å²) in [6, 6.07) is 16.2. The van der Waals surface area contributed by atoms with Crippen molar-refractivity contribution in [1.29, 1.82) is 0 Å². The number of nitrogens with one attached hydrogen (secondary N) is 1. The lowest BCUT2D eigenvalue weighted by Crippen LogP contribution is -2.44. The quantitative estimate of drug-likeness (QED) is 0.734. The predicted molar refractivity (Wildman–Crippen MR) is 105 cm³/mol. The van der Waals surface area contributed by atoms with E-state index >= 15 is 0 Å². The van der Waals surface area contributed by atoms with E-state index in [0.29, 0.717) is 19.0 Å². The smallest absolute Gasteiger partial charge is 0.422 e. The summed E-state index contributed by atoms with van der Waals surface area (Å²) < 4.78 is 41.3. The molecule has 1 aliphatic heterocycles. The number of benzene rings is 2. The number of amides is 2. The first-order valence-electron chi connectivity index (χ1n) is 9.72. The lowest BCUT2D eigenvalue weighted by Gasteiger charge is -2.33. The van der Waals surface area contributed by atoms with E-state index in [4.69, 9.17) is 4.74 Å². The van der Waals surface area contributed by atoms with Crippen molar-refractivity contribution in [2.24, 2.45) is 0 Å². The van der Waals surface area contributed by atoms with Crippen molar-refractivity contribution in [2.75, 3.05) is 19.7 Å². The summed E-state index contributed by atoms with van der Waals surface area (Å²) in [5.41, 5.74) is 2.12. The van der Waals surface area contributed by atoms with Crippen LogP contribution in [0.4, 0.5) is 18.0 Å². The van der Waals surface area contributed by atoms with E-state index in [9.17, 15) is 18.0 Å². The monoisotopic (exact) mass is 406 g/mol. The molecule has 0 spiro atoms. The van der Waals surface area contributed by atoms with Crippen LogP contribution in [0.15, 0.2) is 54.6 Å². The van der Waals surface area contributed by atoms with Gasteiger partial charge < -0.3 is 15.0 Å². The lowest BCUT2D eigenvalue weighted by molar-refractivity contribution is -0.153. The van der Waals surface area contributed by atoms with Gasteiger partial charge in [-0.3, -0.25) is 0 Å². The highest BCUT2D eigenvalue weighted by Crippen LogP contribution is 2.28. The molecule has 1 heterocycles. The van der Waals surface area contributed by atoms with Crippen LogP contribution in [0.5, 0.6) is 5.75 Å². The first-order chi connectivity index (χ1) is 13.8. The molecule has 1 atom stereocenters. The molecule has 0 radical (unpaired) electrons. The van der Waals surface area contributed by atoms with E-state index in [1.54, 1.807) is 12.1 Å². The molecular weight excluding hydrogens is 381 g/mol. The van der Waals surface area contributed by atoms with Gasteiger partial charge in [-0.05, 0) is 48.9 Å². The van der Waals surface area contributed by atoms with E-state index in [2.05, 4.69) is 17.4 Å². The number of hydrogen-bond donors (Lipinski definition) is 1. The third-order valence-electron chi connectivity index (χ3n) is 5.18. The highest BCUT2D eigenvalue weighted by Gasteiger charge is 2.28. The maximum Gasteiger partial charge on any atom is 0.422 e. The number of urea groups is 1. The number of nitrogens with zero attached hydrogens (tertiary/aromatic N) is 1. The van der Waals surface area contributed by atoms with Crippen molar-refractivity contribution < 1.29 is 22.7 Å². The zero-order chi connectivity index (χ0) is 20.9. The van der Waals surface area contributed by atoms with Crippen molar-refractivity contribution in [1.82, 2.24) is 10.2 Å². The van der Waals surface area contributed by atoms with Gasteiger partial charge in [-0.15, -0.1) is 0 Å². The molecule has 1 aliphatic rings. The number of likely N-dealkylation sites (tertiary alicyclic amines) is 1. The van der Waals surface area contributed by atoms with Gasteiger partial charge in [0.1, 0.15) is 5.75 Å². The summed E-state index contributed by atoms with van der Waals surface area (Å²) in [6.45, 7) is 1.92. The van der Waals surface area contributed by atoms with E-state index in [-0.39, 0.29) is 17.8 Å². The second-order valence-electron chi connectivity index (χ2n) is 7.32. The molecule has 0 bridgehead atoms. The van der Waals surface area contributed by atoms with Crippen LogP contribution < -0.4 is 10.1 Å². The second kappa shape index (κ2) is 9.20. The molecule has 7 heteroatoms. The molecule has 1 saturated heterocycles. The number of hydrogen-bond acceptors (Lipinski definition) is 2. The standard InChI is InChI=1S/C22H25F3N2O2/c1-16(17-7-9-20(10-8-17)29-15-22(23,24)25)26-21(28)27-13-11-19(12-14-27)18-5-3-2-4-6-18/h2-10,16,19H,11-15H2,1H3,(H,26,28). The minimum absolute atomic E-state index is 0.124. The van der Waals surface area contributed by atoms with Crippen molar-refractivity contribution in [3.05, 3.63) is 65.7 Å². The molecular formula is C22H25F3N2O2. The normalized spacial score (nSPS) is 16.3. The Labute approximate surface area is 168 Å². The Kier molecular flexibility index (Phi) is 6.67. The molecule has 3 rings (SSSR count). The Morgan fingerprint density at radius 2 is 1.72 bits per heavy atom. The Balaban J connectivity index is 1.48. The SMILES string of the molecule is CC(NC(=O)N1CCC(c2ccccc2)CC1)c1ccc(OCC(F)(F)F)cc1. The van der Waals surface area contributed by atoms with Crippen LogP contribution in [0.1, 0.15) is 42.9 Å². The molecule has 29 heavy (non-hydrogen) atoms. The topological polar surface area (TPSA) is 41.6 Å². The van der Waals surface area contributed by atoms with Gasteiger partial charge in [0.2, 0.25) is 0 Å². The predicted octanol–water partition coefficient (Wildman–Crippen LogP) is 5.28. The van der Waals surface area contributed by atoms with Crippen molar-refractivity contribution in [3.63, 3.8) is 0 Å². The zero-order valence-corrected chi connectivity index (χ0v) is 16.3. The molecule has 2 aromatic carbocycles. The van der Waals surface area contributed by atoms with Crippen molar-refractivity contribution in [2.45, 2.75) is 37.9 Å². The molecule has 1 fully saturated rings. The van der Waals surface area contributed by atoms with Gasteiger partial charge in [0, 0.05) is 13.1 Å². The van der Waals surface area contributed by atoms with E-state index in [0.717, 1.165) is 18.4 Å². The summed E-state index contributed by atoms with van der Waals surface area (Å²) in [7, 11) is 0. The maximum absolute atomic E-state index is 12.6. The summed E-state index contributed by atoms with van der Waals surface area (Å²) in [6.07, 6.45) is -2.51. The molecule has 156 valence electrons. The average molecular weight is 406 g/mol. The molecule has 0 saturated carbocycles. The largest absolute Gasteiger partial charge is 0.484 e. The number of carbonyl (C=O) groups excluding carboxylic acids is 1. The number of carbonyl (C=O) groups is 1. The number of piperidine rings is 1. The molecule has 1 N–H and O–H groups in total. The molecule has 0 aromatic heterocycles. The molecule has 1 unspecified atom stereocenters. The van der Waals surface area contributed by atoms with Crippen molar-refractivity contribution in [3.8, 4) is 5.75 Å². The molecule has 4 nitrogen and oxygen atoms in total. The third-order valence-corrected chi connectivity index (χ3v) is 5.18. The third kappa shape index (κ3) is 6.14. The second-order valence-corrected chi connectivity index (χ2v) is 7.32. The Hall–Kier alpha value is -2.70. The lowest BCUT2D eigenvalue weighted by atomic mass is 9.90. The van der Waals surface area contributed by atoms with Gasteiger partial charge >= 0.3 is 12.2 Å². The first kappa shape index (κ1) is 21.0. The number of rotatable bonds is 5. The summed E-state index contributed by atoms with van der Waals surface area (Å²) in [4.78, 5) is 14.4. The summed E-state index contributed by atoms with van der Waals surface area (Å²) in [5, 5.41) is 2.96. The van der Waals surface area contributed by atoms with E-state index < -0.39 is 12.8 Å². The number of halogens is 3. The number of alkyl halides is 3. The van der Waals surface area contributed by atoms with Crippen molar-refractivity contribution >= 4 is 6.03 Å². The Bertz CT molecular complexity index is 786. The highest BCUT2D eigenvalue weighted by atomic mass is 19.4. The summed E-state index contributed by atoms with van der Waals surface area (Å²) >= 11 is 0. The van der Waals surface area contributed by atoms with Crippen LogP contribution in [0.25, 0.3) is 0 Å². The van der Waals surface area contributed by atoms with Crippen LogP contribution in [0.3, 0.4) is 0 Å². The van der Waals surface area contributed by atoms with Gasteiger partial charge in [-0.25, -0.2) is 4.79 Å². The molecule has 0 aliphatic carbocycles. The fourth-order valence-electron chi connectivity index (χ4n) is 3.52. The van der Waals surface area contributed by atoms with E-state index in [1.807, 2.05) is 30.0 Å². The molecule has 2 aromatic rings. The van der Waals surface area contributed by atoms with Gasteiger partial charge in [0.25, 0.3) is 0 Å². The Morgan fingerprint density at radius 1 is 1.10 bits per heavy atom. The highest BCUT2D eigenvalue weighted by molar-refractivity contribution is 5.74. The van der Waals surface area contributed by atoms with Crippen LogP contribution >= 0.6 is 0 Å². The minimum Gasteiger partial charge on any atom is -0.484 e.